The minimum Gasteiger partial charge on any atom is -0.489 e. The van der Waals surface area contributed by atoms with Crippen LogP contribution in [-0.4, -0.2) is 64.1 Å². The van der Waals surface area contributed by atoms with E-state index in [2.05, 4.69) is 11.0 Å². The van der Waals surface area contributed by atoms with Crippen LogP contribution in [0.5, 0.6) is 17.2 Å². The Morgan fingerprint density at radius 3 is 2.61 bits per heavy atom. The van der Waals surface area contributed by atoms with Crippen LogP contribution < -0.4 is 19.1 Å². The molecule has 0 aliphatic carbocycles. The van der Waals surface area contributed by atoms with E-state index >= 15 is 0 Å². The van der Waals surface area contributed by atoms with E-state index in [1.54, 1.807) is 25.3 Å². The van der Waals surface area contributed by atoms with E-state index in [1.165, 1.54) is 0 Å². The number of hydrogen-bond donors (Lipinski definition) is 0. The molecule has 28 heavy (non-hydrogen) atoms. The van der Waals surface area contributed by atoms with Gasteiger partial charge in [-0.3, -0.25) is 4.79 Å². The predicted octanol–water partition coefficient (Wildman–Crippen LogP) is 2.40. The number of hydrogen-bond acceptors (Lipinski definition) is 6. The normalized spacial score (nSPS) is 15.6. The second-order valence-corrected chi connectivity index (χ2v) is 6.66. The highest BCUT2D eigenvalue weighted by Gasteiger charge is 2.25. The van der Waals surface area contributed by atoms with E-state index < -0.39 is 0 Å². The number of nitrogens with zero attached hydrogens (tertiary/aromatic N) is 2. The van der Waals surface area contributed by atoms with Crippen LogP contribution in [0.2, 0.25) is 0 Å². The van der Waals surface area contributed by atoms with Gasteiger partial charge in [0.1, 0.15) is 12.4 Å². The molecule has 0 unspecified atom stereocenters. The molecule has 0 N–H and O–H groups in total. The molecule has 2 aliphatic heterocycles. The fourth-order valence-corrected chi connectivity index (χ4v) is 3.44. The number of piperazine rings is 1. The summed E-state index contributed by atoms with van der Waals surface area (Å²) in [5, 5.41) is 0. The zero-order valence-corrected chi connectivity index (χ0v) is 15.9. The fraction of sp³-hybridized carbons (Fsp3) is 0.381. The van der Waals surface area contributed by atoms with Crippen molar-refractivity contribution in [3.05, 3.63) is 48.0 Å². The van der Waals surface area contributed by atoms with E-state index in [9.17, 15) is 4.79 Å². The molecule has 1 saturated heterocycles. The third kappa shape index (κ3) is 3.84. The lowest BCUT2D eigenvalue weighted by atomic mass is 10.1. The number of rotatable bonds is 6. The number of carbonyl (C=O) groups is 1. The number of ether oxygens (including phenoxy) is 4. The molecule has 1 fully saturated rings. The lowest BCUT2D eigenvalue weighted by Gasteiger charge is -2.36. The maximum absolute atomic E-state index is 12.9. The van der Waals surface area contributed by atoms with Crippen molar-refractivity contribution in [2.24, 2.45) is 0 Å². The second-order valence-electron chi connectivity index (χ2n) is 6.66. The smallest absolute Gasteiger partial charge is 0.254 e. The molecule has 7 heteroatoms. The van der Waals surface area contributed by atoms with Crippen LogP contribution in [0.15, 0.2) is 42.5 Å². The number of para-hydroxylation sites is 2. The van der Waals surface area contributed by atoms with Crippen molar-refractivity contribution in [1.82, 2.24) is 4.90 Å². The summed E-state index contributed by atoms with van der Waals surface area (Å²) < 4.78 is 21.6. The van der Waals surface area contributed by atoms with Crippen molar-refractivity contribution < 1.29 is 23.7 Å². The molecule has 0 radical (unpaired) electrons. The highest BCUT2D eigenvalue weighted by atomic mass is 16.7. The summed E-state index contributed by atoms with van der Waals surface area (Å²) >= 11 is 0. The van der Waals surface area contributed by atoms with Crippen LogP contribution in [0.1, 0.15) is 10.4 Å². The van der Waals surface area contributed by atoms with E-state index in [4.69, 9.17) is 18.9 Å². The predicted molar refractivity (Wildman–Crippen MR) is 104 cm³/mol. The molecular formula is C21H24N2O5. The lowest BCUT2D eigenvalue weighted by molar-refractivity contribution is 0.0746. The third-order valence-corrected chi connectivity index (χ3v) is 4.94. The molecule has 0 bridgehead atoms. The number of benzene rings is 2. The van der Waals surface area contributed by atoms with Crippen molar-refractivity contribution in [1.29, 1.82) is 0 Å². The van der Waals surface area contributed by atoms with Gasteiger partial charge in [-0.2, -0.15) is 0 Å². The molecule has 2 aromatic carbocycles. The molecule has 148 valence electrons. The minimum absolute atomic E-state index is 0.0163. The van der Waals surface area contributed by atoms with Gasteiger partial charge in [0, 0.05) is 38.9 Å². The molecule has 0 spiro atoms. The third-order valence-electron chi connectivity index (χ3n) is 4.94. The van der Waals surface area contributed by atoms with Gasteiger partial charge in [-0.1, -0.05) is 12.1 Å². The first kappa shape index (κ1) is 18.4. The SMILES string of the molecule is COCCOc1ccccc1N1CCN(C(=O)c2ccc3c(c2)OCO3)CC1. The number of fused-ring (bicyclic) bond motifs is 1. The number of amides is 1. The second kappa shape index (κ2) is 8.39. The van der Waals surface area contributed by atoms with Gasteiger partial charge in [-0.05, 0) is 30.3 Å². The summed E-state index contributed by atoms with van der Waals surface area (Å²) in [6, 6.07) is 13.3. The van der Waals surface area contributed by atoms with Gasteiger partial charge < -0.3 is 28.7 Å². The van der Waals surface area contributed by atoms with Crippen LogP contribution in [-0.2, 0) is 4.74 Å². The largest absolute Gasteiger partial charge is 0.489 e. The zero-order valence-electron chi connectivity index (χ0n) is 15.9. The van der Waals surface area contributed by atoms with E-state index in [0.29, 0.717) is 43.4 Å². The molecular weight excluding hydrogens is 360 g/mol. The first-order valence-corrected chi connectivity index (χ1v) is 9.41. The molecule has 2 heterocycles. The van der Waals surface area contributed by atoms with Crippen molar-refractivity contribution in [2.45, 2.75) is 0 Å². The van der Waals surface area contributed by atoms with Crippen LogP contribution in [0, 0.1) is 0 Å². The Kier molecular flexibility index (Phi) is 5.53. The topological polar surface area (TPSA) is 60.5 Å². The van der Waals surface area contributed by atoms with E-state index in [0.717, 1.165) is 24.5 Å². The summed E-state index contributed by atoms with van der Waals surface area (Å²) in [6.45, 7) is 4.07. The molecule has 4 rings (SSSR count). The molecule has 2 aliphatic rings. The Morgan fingerprint density at radius 2 is 1.79 bits per heavy atom. The van der Waals surface area contributed by atoms with Crippen molar-refractivity contribution >= 4 is 11.6 Å². The monoisotopic (exact) mass is 384 g/mol. The Balaban J connectivity index is 1.39. The summed E-state index contributed by atoms with van der Waals surface area (Å²) in [4.78, 5) is 17.0. The summed E-state index contributed by atoms with van der Waals surface area (Å²) in [5.41, 5.74) is 1.68. The average molecular weight is 384 g/mol. The molecule has 7 nitrogen and oxygen atoms in total. The molecule has 0 saturated carbocycles. The Bertz CT molecular complexity index is 833. The Labute approximate surface area is 164 Å². The van der Waals surface area contributed by atoms with Crippen molar-refractivity contribution in [3.8, 4) is 17.2 Å². The van der Waals surface area contributed by atoms with Crippen molar-refractivity contribution in [3.63, 3.8) is 0 Å². The zero-order chi connectivity index (χ0) is 19.3. The lowest BCUT2D eigenvalue weighted by Crippen LogP contribution is -2.48. The van der Waals surface area contributed by atoms with Crippen molar-refractivity contribution in [2.75, 3.05) is 58.2 Å². The van der Waals surface area contributed by atoms with Gasteiger partial charge in [0.2, 0.25) is 6.79 Å². The standard InChI is InChI=1S/C21H24N2O5/c1-25-12-13-26-18-5-3-2-4-17(18)22-8-10-23(11-9-22)21(24)16-6-7-19-20(14-16)28-15-27-19/h2-7,14H,8-13,15H2,1H3. The Hall–Kier alpha value is -2.93. The van der Waals surface area contributed by atoms with Gasteiger partial charge in [-0.15, -0.1) is 0 Å². The minimum atomic E-state index is 0.0163. The van der Waals surface area contributed by atoms with Crippen LogP contribution in [0.3, 0.4) is 0 Å². The maximum atomic E-state index is 12.9. The van der Waals surface area contributed by atoms with Crippen LogP contribution in [0.4, 0.5) is 5.69 Å². The maximum Gasteiger partial charge on any atom is 0.254 e. The fourth-order valence-electron chi connectivity index (χ4n) is 3.44. The first-order valence-electron chi connectivity index (χ1n) is 9.41. The molecule has 0 atom stereocenters. The molecule has 1 amide bonds. The van der Waals surface area contributed by atoms with E-state index in [-0.39, 0.29) is 12.7 Å². The summed E-state index contributed by atoms with van der Waals surface area (Å²) in [5.74, 6) is 2.18. The highest BCUT2D eigenvalue weighted by Crippen LogP contribution is 2.33. The van der Waals surface area contributed by atoms with Crippen LogP contribution in [0.25, 0.3) is 0 Å². The summed E-state index contributed by atoms with van der Waals surface area (Å²) in [6.07, 6.45) is 0. The van der Waals surface area contributed by atoms with Gasteiger partial charge in [0.05, 0.1) is 12.3 Å². The van der Waals surface area contributed by atoms with E-state index in [1.807, 2.05) is 23.1 Å². The van der Waals surface area contributed by atoms with Gasteiger partial charge in [0.25, 0.3) is 5.91 Å². The average Bonchev–Trinajstić information content (AvgIpc) is 3.22. The quantitative estimate of drug-likeness (QED) is 0.713. The summed E-state index contributed by atoms with van der Waals surface area (Å²) in [7, 11) is 1.66. The van der Waals surface area contributed by atoms with Gasteiger partial charge in [0.15, 0.2) is 11.5 Å². The number of anilines is 1. The first-order chi connectivity index (χ1) is 13.8. The van der Waals surface area contributed by atoms with Gasteiger partial charge in [-0.25, -0.2) is 0 Å². The van der Waals surface area contributed by atoms with Gasteiger partial charge >= 0.3 is 0 Å². The Morgan fingerprint density at radius 1 is 1.00 bits per heavy atom. The molecule has 0 aromatic heterocycles. The number of methoxy groups -OCH3 is 1. The van der Waals surface area contributed by atoms with Crippen LogP contribution >= 0.6 is 0 Å². The number of carbonyl (C=O) groups excluding carboxylic acids is 1. The molecule has 2 aromatic rings. The highest BCUT2D eigenvalue weighted by molar-refractivity contribution is 5.95.